The number of carbonyl (C=O) groups is 1. The van der Waals surface area contributed by atoms with Crippen LogP contribution in [0.5, 0.6) is 0 Å². The molecule has 4 aromatic carbocycles. The van der Waals surface area contributed by atoms with Crippen LogP contribution in [0.2, 0.25) is 0 Å². The van der Waals surface area contributed by atoms with E-state index in [0.29, 0.717) is 23.5 Å². The first-order valence-corrected chi connectivity index (χ1v) is 11.5. The molecule has 1 amide bonds. The lowest BCUT2D eigenvalue weighted by Gasteiger charge is -2.20. The molecule has 0 aromatic heterocycles. The summed E-state index contributed by atoms with van der Waals surface area (Å²) in [5, 5.41) is 17.6. The number of nitrogens with one attached hydrogen (secondary N) is 2. The van der Waals surface area contributed by atoms with Gasteiger partial charge in [-0.3, -0.25) is 14.9 Å². The van der Waals surface area contributed by atoms with Crippen LogP contribution < -0.4 is 10.6 Å². The summed E-state index contributed by atoms with van der Waals surface area (Å²) in [6.45, 7) is 2.43. The number of hydrogen-bond donors (Lipinski definition) is 2. The number of aryl methyl sites for hydroxylation is 1. The Morgan fingerprint density at radius 3 is 2.03 bits per heavy atom. The van der Waals surface area contributed by atoms with E-state index in [1.807, 2.05) is 61.5 Å². The SMILES string of the molecule is Cc1ccccc1C(=O)Nc1ccc([N+](=O)[O-])cc1NCCC(c1ccccc1)c1ccccc1. The molecule has 35 heavy (non-hydrogen) atoms. The van der Waals surface area contributed by atoms with Crippen molar-refractivity contribution in [3.63, 3.8) is 0 Å². The molecule has 0 aliphatic heterocycles. The Hall–Kier alpha value is -4.45. The highest BCUT2D eigenvalue weighted by atomic mass is 16.6. The molecule has 0 atom stereocenters. The van der Waals surface area contributed by atoms with Gasteiger partial charge in [-0.15, -0.1) is 0 Å². The van der Waals surface area contributed by atoms with Crippen LogP contribution in [0.4, 0.5) is 17.1 Å². The predicted octanol–water partition coefficient (Wildman–Crippen LogP) is 6.79. The number of nitro groups is 1. The Morgan fingerprint density at radius 2 is 1.43 bits per heavy atom. The number of hydrogen-bond acceptors (Lipinski definition) is 4. The number of carbonyl (C=O) groups excluding carboxylic acids is 1. The van der Waals surface area contributed by atoms with E-state index in [2.05, 4.69) is 34.9 Å². The molecule has 0 bridgehead atoms. The standard InChI is InChI=1S/C29H27N3O3/c1-21-10-8-9-15-25(21)29(33)31-27-17-16-24(32(34)35)20-28(27)30-19-18-26(22-11-4-2-5-12-22)23-13-6-3-7-14-23/h2-17,20,26,30H,18-19H2,1H3,(H,31,33). The molecule has 176 valence electrons. The number of anilines is 2. The summed E-state index contributed by atoms with van der Waals surface area (Å²) < 4.78 is 0. The fraction of sp³-hybridized carbons (Fsp3) is 0.138. The van der Waals surface area contributed by atoms with E-state index >= 15 is 0 Å². The minimum atomic E-state index is -0.436. The van der Waals surface area contributed by atoms with Crippen molar-refractivity contribution in [1.82, 2.24) is 0 Å². The first kappa shape index (κ1) is 23.7. The van der Waals surface area contributed by atoms with E-state index in [9.17, 15) is 14.9 Å². The number of amides is 1. The summed E-state index contributed by atoms with van der Waals surface area (Å²) in [5.41, 5.74) is 4.80. The Labute approximate surface area is 204 Å². The summed E-state index contributed by atoms with van der Waals surface area (Å²) in [6.07, 6.45) is 0.766. The Bertz CT molecular complexity index is 1270. The number of non-ortho nitro benzene ring substituents is 1. The first-order valence-electron chi connectivity index (χ1n) is 11.5. The average molecular weight is 466 g/mol. The zero-order chi connectivity index (χ0) is 24.6. The predicted molar refractivity (Wildman–Crippen MR) is 140 cm³/mol. The Morgan fingerprint density at radius 1 is 0.829 bits per heavy atom. The van der Waals surface area contributed by atoms with Gasteiger partial charge in [-0.05, 0) is 42.2 Å². The van der Waals surface area contributed by atoms with Crippen LogP contribution in [0, 0.1) is 17.0 Å². The zero-order valence-electron chi connectivity index (χ0n) is 19.5. The molecule has 0 aliphatic carbocycles. The van der Waals surface area contributed by atoms with Crippen LogP contribution >= 0.6 is 0 Å². The molecule has 0 saturated carbocycles. The molecule has 0 fully saturated rings. The van der Waals surface area contributed by atoms with E-state index in [-0.39, 0.29) is 17.5 Å². The van der Waals surface area contributed by atoms with Crippen molar-refractivity contribution in [2.24, 2.45) is 0 Å². The van der Waals surface area contributed by atoms with Crippen LogP contribution in [0.25, 0.3) is 0 Å². The second-order valence-corrected chi connectivity index (χ2v) is 8.35. The molecule has 0 saturated heterocycles. The third-order valence-corrected chi connectivity index (χ3v) is 6.00. The van der Waals surface area contributed by atoms with E-state index in [1.54, 1.807) is 12.1 Å². The van der Waals surface area contributed by atoms with Crippen molar-refractivity contribution < 1.29 is 9.72 Å². The van der Waals surface area contributed by atoms with E-state index in [4.69, 9.17) is 0 Å². The zero-order valence-corrected chi connectivity index (χ0v) is 19.5. The first-order chi connectivity index (χ1) is 17.0. The Kier molecular flexibility index (Phi) is 7.53. The smallest absolute Gasteiger partial charge is 0.271 e. The minimum Gasteiger partial charge on any atom is -0.383 e. The maximum atomic E-state index is 12.9. The average Bonchev–Trinajstić information content (AvgIpc) is 2.88. The second-order valence-electron chi connectivity index (χ2n) is 8.35. The van der Waals surface area contributed by atoms with Crippen LogP contribution in [0.1, 0.15) is 39.4 Å². The fourth-order valence-electron chi connectivity index (χ4n) is 4.17. The number of nitrogens with zero attached hydrogens (tertiary/aromatic N) is 1. The van der Waals surface area contributed by atoms with Crippen LogP contribution in [-0.2, 0) is 0 Å². The number of rotatable bonds is 9. The third-order valence-electron chi connectivity index (χ3n) is 6.00. The maximum absolute atomic E-state index is 12.9. The van der Waals surface area contributed by atoms with Crippen LogP contribution in [-0.4, -0.2) is 17.4 Å². The normalized spacial score (nSPS) is 10.7. The Balaban J connectivity index is 1.55. The molecule has 6 heteroatoms. The van der Waals surface area contributed by atoms with Crippen molar-refractivity contribution in [3.8, 4) is 0 Å². The van der Waals surface area contributed by atoms with Crippen LogP contribution in [0.15, 0.2) is 103 Å². The van der Waals surface area contributed by atoms with Gasteiger partial charge in [0.1, 0.15) is 0 Å². The highest BCUT2D eigenvalue weighted by molar-refractivity contribution is 6.06. The summed E-state index contributed by atoms with van der Waals surface area (Å²) in [6, 6.07) is 32.3. The van der Waals surface area contributed by atoms with E-state index < -0.39 is 4.92 Å². The summed E-state index contributed by atoms with van der Waals surface area (Å²) >= 11 is 0. The van der Waals surface area contributed by atoms with Crippen molar-refractivity contribution in [2.75, 3.05) is 17.2 Å². The molecule has 0 spiro atoms. The van der Waals surface area contributed by atoms with Crippen LogP contribution in [0.3, 0.4) is 0 Å². The summed E-state index contributed by atoms with van der Waals surface area (Å²) in [5.74, 6) is -0.0972. The maximum Gasteiger partial charge on any atom is 0.271 e. The van der Waals surface area contributed by atoms with Gasteiger partial charge in [0.05, 0.1) is 16.3 Å². The second kappa shape index (κ2) is 11.1. The molecule has 0 unspecified atom stereocenters. The largest absolute Gasteiger partial charge is 0.383 e. The highest BCUT2D eigenvalue weighted by Crippen LogP contribution is 2.31. The molecule has 6 nitrogen and oxygen atoms in total. The molecular weight excluding hydrogens is 438 g/mol. The lowest BCUT2D eigenvalue weighted by Crippen LogP contribution is -2.16. The van der Waals surface area contributed by atoms with Gasteiger partial charge >= 0.3 is 0 Å². The molecule has 2 N–H and O–H groups in total. The van der Waals surface area contributed by atoms with Gasteiger partial charge in [0.2, 0.25) is 0 Å². The van der Waals surface area contributed by atoms with E-state index in [0.717, 1.165) is 12.0 Å². The number of nitro benzene ring substituents is 1. The summed E-state index contributed by atoms with van der Waals surface area (Å²) in [7, 11) is 0. The van der Waals surface area contributed by atoms with Crippen molar-refractivity contribution in [2.45, 2.75) is 19.3 Å². The van der Waals surface area contributed by atoms with Gasteiger partial charge in [-0.1, -0.05) is 78.9 Å². The van der Waals surface area contributed by atoms with Crippen molar-refractivity contribution in [3.05, 3.63) is 135 Å². The van der Waals surface area contributed by atoms with Gasteiger partial charge in [-0.25, -0.2) is 0 Å². The van der Waals surface area contributed by atoms with Crippen molar-refractivity contribution in [1.29, 1.82) is 0 Å². The molecule has 0 aliphatic rings. The monoisotopic (exact) mass is 465 g/mol. The minimum absolute atomic E-state index is 0.0379. The molecule has 4 aromatic rings. The number of benzene rings is 4. The molecule has 4 rings (SSSR count). The lowest BCUT2D eigenvalue weighted by atomic mass is 9.88. The lowest BCUT2D eigenvalue weighted by molar-refractivity contribution is -0.384. The van der Waals surface area contributed by atoms with Gasteiger partial charge in [0.25, 0.3) is 11.6 Å². The third kappa shape index (κ3) is 5.92. The molecule has 0 radical (unpaired) electrons. The van der Waals surface area contributed by atoms with Gasteiger partial charge in [0.15, 0.2) is 0 Å². The summed E-state index contributed by atoms with van der Waals surface area (Å²) in [4.78, 5) is 23.8. The van der Waals surface area contributed by atoms with Gasteiger partial charge < -0.3 is 10.6 Å². The highest BCUT2D eigenvalue weighted by Gasteiger charge is 2.17. The molecule has 0 heterocycles. The quantitative estimate of drug-likeness (QED) is 0.211. The fourth-order valence-corrected chi connectivity index (χ4v) is 4.17. The molecular formula is C29H27N3O3. The topological polar surface area (TPSA) is 84.3 Å². The van der Waals surface area contributed by atoms with Gasteiger partial charge in [-0.2, -0.15) is 0 Å². The van der Waals surface area contributed by atoms with Gasteiger partial charge in [0, 0.05) is 30.2 Å². The van der Waals surface area contributed by atoms with E-state index in [1.165, 1.54) is 23.3 Å². The van der Waals surface area contributed by atoms with Crippen molar-refractivity contribution >= 4 is 23.0 Å².